The summed E-state index contributed by atoms with van der Waals surface area (Å²) in [4.78, 5) is 0. The van der Waals surface area contributed by atoms with Crippen LogP contribution in [-0.4, -0.2) is 0 Å². The summed E-state index contributed by atoms with van der Waals surface area (Å²) in [5, 5.41) is 0. The van der Waals surface area contributed by atoms with Crippen molar-refractivity contribution in [2.75, 3.05) is 0 Å². The minimum absolute atomic E-state index is 0. The molecule has 0 amide bonds. The van der Waals surface area contributed by atoms with Gasteiger partial charge in [0.25, 0.3) is 0 Å². The molecule has 0 bridgehead atoms. The van der Waals surface area contributed by atoms with E-state index in [4.69, 9.17) is 5.48 Å². The lowest BCUT2D eigenvalue weighted by Crippen LogP contribution is -1.85. The molecule has 190 valence electrons. The van der Waals surface area contributed by atoms with E-state index in [2.05, 4.69) is 20.8 Å². The molecule has 0 saturated carbocycles. The molecule has 0 N–H and O–H groups in total. The smallest absolute Gasteiger partial charge is 0.0194 e. The third-order valence-corrected chi connectivity index (χ3v) is 1.39. The van der Waals surface area contributed by atoms with Crippen molar-refractivity contribution in [1.82, 2.24) is 0 Å². The highest BCUT2D eigenvalue weighted by molar-refractivity contribution is 4.41. The lowest BCUT2D eigenvalue weighted by atomic mass is 10.1. The fourth-order valence-electron chi connectivity index (χ4n) is 0.289. The highest BCUT2D eigenvalue weighted by Crippen LogP contribution is 2.02. The Morgan fingerprint density at radius 2 is 0.519 bits per heavy atom. The maximum atomic E-state index is 5.88. The molecule has 0 fully saturated rings. The summed E-state index contributed by atoms with van der Waals surface area (Å²) in [5.74, 6) is 0.935. The molecule has 0 aliphatic heterocycles. The minimum Gasteiger partial charge on any atom is -0.0776 e. The summed E-state index contributed by atoms with van der Waals surface area (Å²) >= 11 is 0. The van der Waals surface area contributed by atoms with Crippen molar-refractivity contribution in [2.45, 2.75) is 181 Å². The summed E-state index contributed by atoms with van der Waals surface area (Å²) in [6.45, 7) is 38.7. The van der Waals surface area contributed by atoms with E-state index in [1.54, 1.807) is 0 Å². The molecule has 0 spiro atoms. The van der Waals surface area contributed by atoms with Gasteiger partial charge in [0.05, 0.1) is 0 Å². The van der Waals surface area contributed by atoms with Crippen LogP contribution < -0.4 is 0 Å². The van der Waals surface area contributed by atoms with Crippen LogP contribution in [0.3, 0.4) is 0 Å². The second-order valence-corrected chi connectivity index (χ2v) is 1.92. The van der Waals surface area contributed by atoms with Crippen molar-refractivity contribution in [3.63, 3.8) is 0 Å². The van der Waals surface area contributed by atoms with Crippen LogP contribution in [0, 0.1) is 5.92 Å². The van der Waals surface area contributed by atoms with Gasteiger partial charge in [0, 0.05) is 5.48 Å². The molecule has 0 radical (unpaired) electrons. The molecular formula is C27H82. The molecule has 0 aromatic carbocycles. The standard InChI is InChI=1S/C6H14.8C2H6.5CH4/c1-4-6(3)5-2;8*1-2;;;;;/h6H,4-5H2,1-3H3;8*1-2H3;5*1H4/i;;;;;;;;;2*1T2;;;. The minimum atomic E-state index is -0.250. The maximum Gasteiger partial charge on any atom is 0.0194 e. The first-order valence-electron chi connectivity index (χ1n) is 13.6. The summed E-state index contributed by atoms with van der Waals surface area (Å²) < 4.78 is 23.5. The molecule has 0 aromatic heterocycles. The van der Waals surface area contributed by atoms with E-state index in [0.29, 0.717) is 0 Å². The Kier molecular flexibility index (Phi) is 1520. The van der Waals surface area contributed by atoms with E-state index in [9.17, 15) is 0 Å². The molecule has 0 atom stereocenters. The molecule has 27 heavy (non-hydrogen) atoms. The Hall–Kier alpha value is 0. The Labute approximate surface area is 193 Å². The molecule has 0 heterocycles. The molecule has 0 unspecified atom stereocenters. The number of hydrogen-bond acceptors (Lipinski definition) is 0. The summed E-state index contributed by atoms with van der Waals surface area (Å²) in [6.07, 6.45) is 2.66. The Balaban J connectivity index is -0.00000000877. The number of rotatable bonds is 2. The SMILES string of the molecule is C.C.C.CC.CC.CC.CC.CC.CC.CC.CC.CCC(C)CC.[3H]C[3H].[3H]C[3H]. The average Bonchev–Trinajstić information content (AvgIpc) is 2.85. The normalized spacial score (nSPS) is 5.48. The molecule has 0 aliphatic carbocycles. The average molecular weight is 415 g/mol. The van der Waals surface area contributed by atoms with Gasteiger partial charge >= 0.3 is 0 Å². The second kappa shape index (κ2) is 650. The van der Waals surface area contributed by atoms with Crippen LogP contribution >= 0.6 is 0 Å². The highest BCUT2D eigenvalue weighted by atomic mass is 13.9. The first kappa shape index (κ1) is 63.2. The van der Waals surface area contributed by atoms with E-state index >= 15 is 0 Å². The van der Waals surface area contributed by atoms with Crippen LogP contribution in [0.25, 0.3) is 0 Å². The van der Waals surface area contributed by atoms with Crippen molar-refractivity contribution in [3.8, 4) is 0 Å². The van der Waals surface area contributed by atoms with Crippen LogP contribution in [0.2, 0.25) is 0 Å². The van der Waals surface area contributed by atoms with Gasteiger partial charge in [-0.05, 0) is 5.92 Å². The molecule has 0 aliphatic rings. The van der Waals surface area contributed by atoms with Crippen molar-refractivity contribution in [3.05, 3.63) is 0 Å². The van der Waals surface area contributed by atoms with Gasteiger partial charge in [-0.3, -0.25) is 0 Å². The topological polar surface area (TPSA) is 0 Å². The van der Waals surface area contributed by atoms with Gasteiger partial charge in [-0.25, -0.2) is 0 Å². The van der Waals surface area contributed by atoms with Crippen molar-refractivity contribution in [2.24, 2.45) is 5.92 Å². The first-order valence-corrected chi connectivity index (χ1v) is 10.8. The third kappa shape index (κ3) is 936. The van der Waals surface area contributed by atoms with Gasteiger partial charge in [0.1, 0.15) is 0 Å². The molecule has 0 rings (SSSR count). The Morgan fingerprint density at radius 1 is 0.444 bits per heavy atom. The van der Waals surface area contributed by atoms with Crippen molar-refractivity contribution < 1.29 is 5.48 Å². The lowest BCUT2D eigenvalue weighted by molar-refractivity contribution is 0.544. The molecule has 0 nitrogen and oxygen atoms in total. The monoisotopic (exact) mass is 415 g/mol. The second-order valence-electron chi connectivity index (χ2n) is 1.92. The third-order valence-electron chi connectivity index (χ3n) is 1.39. The van der Waals surface area contributed by atoms with E-state index < -0.39 is 0 Å². The molecule has 0 saturated heterocycles. The summed E-state index contributed by atoms with van der Waals surface area (Å²) in [7, 11) is -0.500. The quantitative estimate of drug-likeness (QED) is 0.421. The van der Waals surface area contributed by atoms with Crippen LogP contribution in [0.15, 0.2) is 0 Å². The lowest BCUT2D eigenvalue weighted by Gasteiger charge is -1.98. The predicted molar refractivity (Wildman–Crippen MR) is 154 cm³/mol. The highest BCUT2D eigenvalue weighted by Gasteiger charge is 1.88. The van der Waals surface area contributed by atoms with Crippen molar-refractivity contribution in [1.29, 1.82) is 0 Å². The number of hydrogen-bond donors (Lipinski definition) is 0. The molecular weight excluding hydrogens is 324 g/mol. The zero-order valence-electron chi connectivity index (χ0n) is 26.4. The fraction of sp³-hybridized carbons (Fsp3) is 1.00. The van der Waals surface area contributed by atoms with E-state index in [1.165, 1.54) is 12.8 Å². The van der Waals surface area contributed by atoms with Crippen molar-refractivity contribution >= 4 is 0 Å². The van der Waals surface area contributed by atoms with Gasteiger partial charge < -0.3 is 0 Å². The zero-order chi connectivity index (χ0) is 26.4. The Bertz CT molecular complexity index is 50.5. The zero-order valence-corrected chi connectivity index (χ0v) is 22.4. The van der Waals surface area contributed by atoms with Gasteiger partial charge in [0.15, 0.2) is 0 Å². The maximum absolute atomic E-state index is 5.88. The largest absolute Gasteiger partial charge is 0.0776 e. The van der Waals surface area contributed by atoms with Gasteiger partial charge in [-0.2, -0.15) is 0 Å². The summed E-state index contributed by atoms with van der Waals surface area (Å²) in [5.41, 5.74) is 0. The summed E-state index contributed by atoms with van der Waals surface area (Å²) in [6, 6.07) is 0. The Morgan fingerprint density at radius 3 is 0.519 bits per heavy atom. The fourth-order valence-corrected chi connectivity index (χ4v) is 0.289. The first-order chi connectivity index (χ1) is 13.6. The van der Waals surface area contributed by atoms with Gasteiger partial charge in [-0.15, -0.1) is 0 Å². The van der Waals surface area contributed by atoms with Crippen LogP contribution in [0.4, 0.5) is 0 Å². The van der Waals surface area contributed by atoms with E-state index in [0.717, 1.165) is 5.92 Å². The van der Waals surface area contributed by atoms with Crippen LogP contribution in [0.1, 0.15) is 187 Å². The van der Waals surface area contributed by atoms with E-state index in [-0.39, 0.29) is 37.0 Å². The predicted octanol–water partition coefficient (Wildman–Crippen LogP) is 13.8. The van der Waals surface area contributed by atoms with E-state index in [1.807, 2.05) is 111 Å². The van der Waals surface area contributed by atoms with Gasteiger partial charge in [0.2, 0.25) is 0 Å². The van der Waals surface area contributed by atoms with Crippen LogP contribution in [-0.2, 0) is 0 Å². The van der Waals surface area contributed by atoms with Crippen LogP contribution in [0.5, 0.6) is 0 Å². The molecule has 0 aromatic rings. The van der Waals surface area contributed by atoms with Gasteiger partial charge in [-0.1, -0.05) is 181 Å². The molecule has 0 heteroatoms.